The van der Waals surface area contributed by atoms with Crippen LogP contribution in [0.25, 0.3) is 0 Å². The van der Waals surface area contributed by atoms with Gasteiger partial charge in [-0.25, -0.2) is 0 Å². The average Bonchev–Trinajstić information content (AvgIpc) is 1.87. The highest BCUT2D eigenvalue weighted by Gasteiger charge is 1.83. The van der Waals surface area contributed by atoms with Gasteiger partial charge in [-0.2, -0.15) is 0 Å². The molecule has 0 bridgehead atoms. The summed E-state index contributed by atoms with van der Waals surface area (Å²) in [4.78, 5) is 10.4. The second kappa shape index (κ2) is 9.37. The summed E-state index contributed by atoms with van der Waals surface area (Å²) in [6, 6.07) is 0. The summed E-state index contributed by atoms with van der Waals surface area (Å²) in [6.07, 6.45) is 8.37. The minimum Gasteiger partial charge on any atom is -0.412 e. The number of unbranched alkanes of at least 4 members (excludes halogenated alkanes) is 3. The summed E-state index contributed by atoms with van der Waals surface area (Å²) < 4.78 is 0. The molecule has 0 aromatic carbocycles. The number of hydrogen-bond donors (Lipinski definition) is 0. The summed E-state index contributed by atoms with van der Waals surface area (Å²) >= 11 is 0. The zero-order valence-corrected chi connectivity index (χ0v) is 7.39. The van der Waals surface area contributed by atoms with Crippen molar-refractivity contribution in [2.45, 2.75) is 39.5 Å². The molecule has 0 aliphatic carbocycles. The molecule has 0 amide bonds. The first-order chi connectivity index (χ1) is 4.77. The van der Waals surface area contributed by atoms with Gasteiger partial charge in [0.25, 0.3) is 0 Å². The highest BCUT2D eigenvalue weighted by molar-refractivity contribution is 5.87. The van der Waals surface area contributed by atoms with Gasteiger partial charge in [0, 0.05) is 0 Å². The molecule has 0 aliphatic rings. The fourth-order valence-electron chi connectivity index (χ4n) is 0.761. The van der Waals surface area contributed by atoms with Crippen molar-refractivity contribution >= 4 is 5.78 Å². The number of hydrogen-bond acceptors (Lipinski definition) is 1. The van der Waals surface area contributed by atoms with Crippen LogP contribution in [0.15, 0.2) is 12.2 Å². The molecular weight excluding hydrogens is 140 g/mol. The predicted octanol–water partition coefficient (Wildman–Crippen LogP) is 1.89. The first kappa shape index (κ1) is 13.0. The quantitative estimate of drug-likeness (QED) is 0.445. The van der Waals surface area contributed by atoms with E-state index in [2.05, 4.69) is 6.92 Å². The molecule has 2 N–H and O–H groups in total. The molecule has 2 heteroatoms. The lowest BCUT2D eigenvalue weighted by molar-refractivity contribution is -0.112. The Hall–Kier alpha value is -0.630. The number of ketones is 1. The van der Waals surface area contributed by atoms with Crippen molar-refractivity contribution < 1.29 is 10.3 Å². The van der Waals surface area contributed by atoms with Gasteiger partial charge in [0.1, 0.15) is 0 Å². The second-order valence-corrected chi connectivity index (χ2v) is 2.51. The van der Waals surface area contributed by atoms with Crippen LogP contribution in [-0.2, 0) is 4.79 Å². The monoisotopic (exact) mass is 158 g/mol. The zero-order valence-electron chi connectivity index (χ0n) is 7.39. The lowest BCUT2D eigenvalue weighted by Crippen LogP contribution is -1.79. The summed E-state index contributed by atoms with van der Waals surface area (Å²) in [6.45, 7) is 3.75. The number of allylic oxidation sites excluding steroid dienone is 2. The van der Waals surface area contributed by atoms with Crippen molar-refractivity contribution in [3.8, 4) is 0 Å². The van der Waals surface area contributed by atoms with Crippen LogP contribution in [0.1, 0.15) is 39.5 Å². The van der Waals surface area contributed by atoms with E-state index in [0.717, 1.165) is 6.42 Å². The van der Waals surface area contributed by atoms with Gasteiger partial charge < -0.3 is 5.48 Å². The topological polar surface area (TPSA) is 48.6 Å². The molecule has 66 valence electrons. The molecule has 0 radical (unpaired) electrons. The lowest BCUT2D eigenvalue weighted by Gasteiger charge is -1.89. The van der Waals surface area contributed by atoms with E-state index < -0.39 is 0 Å². The van der Waals surface area contributed by atoms with Gasteiger partial charge >= 0.3 is 0 Å². The number of carbonyl (C=O) groups is 1. The second-order valence-electron chi connectivity index (χ2n) is 2.51. The van der Waals surface area contributed by atoms with Gasteiger partial charge in [-0.3, -0.25) is 4.79 Å². The summed E-state index contributed by atoms with van der Waals surface area (Å²) in [5.74, 6) is 0.150. The molecule has 11 heavy (non-hydrogen) atoms. The third-order valence-corrected chi connectivity index (χ3v) is 1.33. The molecule has 0 unspecified atom stereocenters. The van der Waals surface area contributed by atoms with E-state index >= 15 is 0 Å². The Balaban J connectivity index is 0. The maximum Gasteiger partial charge on any atom is 0.152 e. The molecule has 0 spiro atoms. The molecule has 0 heterocycles. The van der Waals surface area contributed by atoms with Crippen molar-refractivity contribution in [1.29, 1.82) is 0 Å². The standard InChI is InChI=1S/C9H16O.H2O/c1-3-4-5-6-7-8-9(2)10;/h7-8H,3-6H2,1-2H3;1H2. The Kier molecular flexibility index (Phi) is 11.1. The molecule has 2 nitrogen and oxygen atoms in total. The molecule has 0 saturated carbocycles. The Bertz CT molecular complexity index is 117. The van der Waals surface area contributed by atoms with Gasteiger partial charge in [0.2, 0.25) is 0 Å². The maximum absolute atomic E-state index is 10.4. The Labute approximate surface area is 68.6 Å². The Morgan fingerprint density at radius 2 is 2.00 bits per heavy atom. The van der Waals surface area contributed by atoms with Crippen LogP contribution in [0, 0.1) is 0 Å². The minimum atomic E-state index is 0. The van der Waals surface area contributed by atoms with Gasteiger partial charge in [0.05, 0.1) is 0 Å². The zero-order chi connectivity index (χ0) is 7.82. The molecule has 0 aliphatic heterocycles. The Morgan fingerprint density at radius 1 is 1.36 bits per heavy atom. The average molecular weight is 158 g/mol. The van der Waals surface area contributed by atoms with E-state index in [-0.39, 0.29) is 11.3 Å². The first-order valence-electron chi connectivity index (χ1n) is 3.94. The van der Waals surface area contributed by atoms with E-state index in [1.165, 1.54) is 19.3 Å². The van der Waals surface area contributed by atoms with Crippen LogP contribution in [0.2, 0.25) is 0 Å². The van der Waals surface area contributed by atoms with Crippen LogP contribution in [0.4, 0.5) is 0 Å². The Morgan fingerprint density at radius 3 is 2.45 bits per heavy atom. The molecule has 0 atom stereocenters. The maximum atomic E-state index is 10.4. The van der Waals surface area contributed by atoms with Gasteiger partial charge in [-0.15, -0.1) is 0 Å². The fraction of sp³-hybridized carbons (Fsp3) is 0.667. The van der Waals surface area contributed by atoms with E-state index in [0.29, 0.717) is 0 Å². The van der Waals surface area contributed by atoms with Gasteiger partial charge in [0.15, 0.2) is 5.78 Å². The van der Waals surface area contributed by atoms with Crippen LogP contribution in [0.3, 0.4) is 0 Å². The molecular formula is C9H18O2. The summed E-state index contributed by atoms with van der Waals surface area (Å²) in [7, 11) is 0. The smallest absolute Gasteiger partial charge is 0.152 e. The fourth-order valence-corrected chi connectivity index (χ4v) is 0.761. The summed E-state index contributed by atoms with van der Waals surface area (Å²) in [5.41, 5.74) is 0. The molecule has 0 fully saturated rings. The minimum absolute atomic E-state index is 0. The molecule has 0 aromatic heterocycles. The van der Waals surface area contributed by atoms with E-state index in [4.69, 9.17) is 0 Å². The van der Waals surface area contributed by atoms with Crippen molar-refractivity contribution in [3.05, 3.63) is 12.2 Å². The van der Waals surface area contributed by atoms with E-state index in [9.17, 15) is 4.79 Å². The van der Waals surface area contributed by atoms with Crippen molar-refractivity contribution in [3.63, 3.8) is 0 Å². The molecule has 0 saturated heterocycles. The number of rotatable bonds is 5. The van der Waals surface area contributed by atoms with Crippen LogP contribution in [0.5, 0.6) is 0 Å². The van der Waals surface area contributed by atoms with E-state index in [1.807, 2.05) is 6.08 Å². The third-order valence-electron chi connectivity index (χ3n) is 1.33. The van der Waals surface area contributed by atoms with Crippen molar-refractivity contribution in [2.75, 3.05) is 0 Å². The van der Waals surface area contributed by atoms with Crippen LogP contribution in [-0.4, -0.2) is 11.3 Å². The van der Waals surface area contributed by atoms with Crippen molar-refractivity contribution in [1.82, 2.24) is 0 Å². The molecule has 0 rings (SSSR count). The van der Waals surface area contributed by atoms with Crippen LogP contribution < -0.4 is 0 Å². The number of carbonyl (C=O) groups excluding carboxylic acids is 1. The van der Waals surface area contributed by atoms with E-state index in [1.54, 1.807) is 13.0 Å². The van der Waals surface area contributed by atoms with Gasteiger partial charge in [-0.1, -0.05) is 25.8 Å². The normalized spacial score (nSPS) is 9.64. The van der Waals surface area contributed by atoms with Crippen LogP contribution >= 0.6 is 0 Å². The first-order valence-corrected chi connectivity index (χ1v) is 3.94. The van der Waals surface area contributed by atoms with Gasteiger partial charge in [-0.05, 0) is 25.8 Å². The lowest BCUT2D eigenvalue weighted by atomic mass is 10.2. The highest BCUT2D eigenvalue weighted by Crippen LogP contribution is 1.99. The highest BCUT2D eigenvalue weighted by atomic mass is 16.1. The largest absolute Gasteiger partial charge is 0.412 e. The SMILES string of the molecule is CCCCCC=CC(C)=O.O. The third kappa shape index (κ3) is 12.5. The predicted molar refractivity (Wildman–Crippen MR) is 47.6 cm³/mol. The summed E-state index contributed by atoms with van der Waals surface area (Å²) in [5, 5.41) is 0. The van der Waals surface area contributed by atoms with Crippen molar-refractivity contribution in [2.24, 2.45) is 0 Å². The molecule has 0 aromatic rings.